The van der Waals surface area contributed by atoms with Crippen LogP contribution in [0.5, 0.6) is 5.88 Å². The fourth-order valence-corrected chi connectivity index (χ4v) is 2.57. The molecule has 2 unspecified atom stereocenters. The van der Waals surface area contributed by atoms with E-state index < -0.39 is 4.92 Å². The van der Waals surface area contributed by atoms with Crippen LogP contribution in [0, 0.1) is 33.3 Å². The van der Waals surface area contributed by atoms with Gasteiger partial charge in [-0.2, -0.15) is 5.26 Å². The van der Waals surface area contributed by atoms with Crippen LogP contribution in [-0.4, -0.2) is 23.1 Å². The normalized spacial score (nSPS) is 21.4. The molecule has 0 bridgehead atoms. The number of nitro groups is 1. The van der Waals surface area contributed by atoms with Gasteiger partial charge in [0.05, 0.1) is 11.5 Å². The summed E-state index contributed by atoms with van der Waals surface area (Å²) in [5, 5.41) is 19.6. The van der Waals surface area contributed by atoms with Crippen LogP contribution in [-0.2, 0) is 0 Å². The Hall–Kier alpha value is -2.20. The second-order valence-corrected chi connectivity index (χ2v) is 4.91. The Labute approximate surface area is 116 Å². The molecule has 2 rings (SSSR count). The van der Waals surface area contributed by atoms with Crippen molar-refractivity contribution in [2.75, 3.05) is 13.2 Å². The summed E-state index contributed by atoms with van der Waals surface area (Å²) in [6, 6.07) is 3.05. The number of nitrogens with two attached hydrogens (primary N) is 1. The van der Waals surface area contributed by atoms with Gasteiger partial charge in [-0.1, -0.05) is 6.42 Å². The molecule has 1 aromatic rings. The SMILES string of the molecule is N#Cc1cc([N+](=O)[O-])cnc1OCC1CCCC1CN. The van der Waals surface area contributed by atoms with Crippen molar-refractivity contribution in [1.29, 1.82) is 5.26 Å². The van der Waals surface area contributed by atoms with Crippen molar-refractivity contribution in [1.82, 2.24) is 4.98 Å². The topological polar surface area (TPSA) is 115 Å². The van der Waals surface area contributed by atoms with Crippen LogP contribution in [0.3, 0.4) is 0 Å². The lowest BCUT2D eigenvalue weighted by molar-refractivity contribution is -0.385. The van der Waals surface area contributed by atoms with Crippen molar-refractivity contribution in [3.63, 3.8) is 0 Å². The lowest BCUT2D eigenvalue weighted by atomic mass is 9.97. The molecule has 1 saturated carbocycles. The van der Waals surface area contributed by atoms with E-state index in [4.69, 9.17) is 15.7 Å². The van der Waals surface area contributed by atoms with E-state index in [0.717, 1.165) is 25.5 Å². The third-order valence-electron chi connectivity index (χ3n) is 3.72. The maximum Gasteiger partial charge on any atom is 0.289 e. The average molecular weight is 276 g/mol. The first kappa shape index (κ1) is 14.2. The molecule has 7 nitrogen and oxygen atoms in total. The molecule has 1 aliphatic rings. The summed E-state index contributed by atoms with van der Waals surface area (Å²) in [7, 11) is 0. The van der Waals surface area contributed by atoms with Gasteiger partial charge < -0.3 is 10.5 Å². The lowest BCUT2D eigenvalue weighted by Gasteiger charge is -2.18. The van der Waals surface area contributed by atoms with Gasteiger partial charge in [-0.25, -0.2) is 4.98 Å². The molecule has 0 amide bonds. The number of rotatable bonds is 5. The van der Waals surface area contributed by atoms with Gasteiger partial charge in [0.1, 0.15) is 17.8 Å². The molecule has 0 spiro atoms. The Kier molecular flexibility index (Phi) is 4.48. The molecular weight excluding hydrogens is 260 g/mol. The third kappa shape index (κ3) is 3.03. The number of nitriles is 1. The molecule has 0 aliphatic heterocycles. The van der Waals surface area contributed by atoms with Crippen LogP contribution in [0.25, 0.3) is 0 Å². The first-order chi connectivity index (χ1) is 9.65. The van der Waals surface area contributed by atoms with E-state index in [1.807, 2.05) is 6.07 Å². The summed E-state index contributed by atoms with van der Waals surface area (Å²) in [6.45, 7) is 1.08. The van der Waals surface area contributed by atoms with Gasteiger partial charge in [0.15, 0.2) is 0 Å². The van der Waals surface area contributed by atoms with Crippen LogP contribution < -0.4 is 10.5 Å². The van der Waals surface area contributed by atoms with Gasteiger partial charge in [0, 0.05) is 6.07 Å². The van der Waals surface area contributed by atoms with E-state index in [-0.39, 0.29) is 17.1 Å². The predicted molar refractivity (Wildman–Crippen MR) is 71.0 cm³/mol. The Balaban J connectivity index is 2.06. The van der Waals surface area contributed by atoms with E-state index in [9.17, 15) is 10.1 Å². The highest BCUT2D eigenvalue weighted by atomic mass is 16.6. The maximum atomic E-state index is 10.6. The Bertz CT molecular complexity index is 541. The number of aromatic nitrogens is 1. The van der Waals surface area contributed by atoms with E-state index in [2.05, 4.69) is 4.98 Å². The van der Waals surface area contributed by atoms with Crippen molar-refractivity contribution in [3.8, 4) is 11.9 Å². The molecule has 20 heavy (non-hydrogen) atoms. The fraction of sp³-hybridized carbons (Fsp3) is 0.538. The minimum Gasteiger partial charge on any atom is -0.476 e. The van der Waals surface area contributed by atoms with Gasteiger partial charge in [-0.3, -0.25) is 10.1 Å². The van der Waals surface area contributed by atoms with Gasteiger partial charge >= 0.3 is 0 Å². The fourth-order valence-electron chi connectivity index (χ4n) is 2.57. The molecule has 1 aliphatic carbocycles. The largest absolute Gasteiger partial charge is 0.476 e. The van der Waals surface area contributed by atoms with E-state index >= 15 is 0 Å². The first-order valence-electron chi connectivity index (χ1n) is 6.53. The molecule has 0 saturated heterocycles. The van der Waals surface area contributed by atoms with Crippen LogP contribution in [0.15, 0.2) is 12.3 Å². The minimum absolute atomic E-state index is 0.0847. The summed E-state index contributed by atoms with van der Waals surface area (Å²) in [6.07, 6.45) is 4.39. The van der Waals surface area contributed by atoms with Crippen molar-refractivity contribution in [2.45, 2.75) is 19.3 Å². The quantitative estimate of drug-likeness (QED) is 0.645. The number of hydrogen-bond acceptors (Lipinski definition) is 6. The van der Waals surface area contributed by atoms with Crippen molar-refractivity contribution in [3.05, 3.63) is 27.9 Å². The zero-order valence-corrected chi connectivity index (χ0v) is 11.0. The minimum atomic E-state index is -0.584. The number of nitrogens with zero attached hydrogens (tertiary/aromatic N) is 3. The van der Waals surface area contributed by atoms with E-state index in [1.54, 1.807) is 0 Å². The highest BCUT2D eigenvalue weighted by Gasteiger charge is 2.27. The molecule has 2 atom stereocenters. The zero-order valence-electron chi connectivity index (χ0n) is 11.0. The van der Waals surface area contributed by atoms with Gasteiger partial charge in [-0.05, 0) is 31.2 Å². The monoisotopic (exact) mass is 276 g/mol. The highest BCUT2D eigenvalue weighted by Crippen LogP contribution is 2.31. The van der Waals surface area contributed by atoms with Gasteiger partial charge in [0.2, 0.25) is 5.88 Å². The number of pyridine rings is 1. The number of hydrogen-bond donors (Lipinski definition) is 1. The summed E-state index contributed by atoms with van der Waals surface area (Å²) in [5.41, 5.74) is 5.58. The van der Waals surface area contributed by atoms with Crippen molar-refractivity contribution in [2.24, 2.45) is 17.6 Å². The average Bonchev–Trinajstić information content (AvgIpc) is 2.92. The molecule has 2 N–H and O–H groups in total. The van der Waals surface area contributed by atoms with E-state index in [0.29, 0.717) is 25.0 Å². The maximum absolute atomic E-state index is 10.6. The molecule has 1 aromatic heterocycles. The second kappa shape index (κ2) is 6.30. The second-order valence-electron chi connectivity index (χ2n) is 4.91. The van der Waals surface area contributed by atoms with Crippen LogP contribution in [0.1, 0.15) is 24.8 Å². The van der Waals surface area contributed by atoms with Gasteiger partial charge in [-0.15, -0.1) is 0 Å². The molecule has 0 radical (unpaired) electrons. The molecule has 106 valence electrons. The molecule has 0 aromatic carbocycles. The lowest BCUT2D eigenvalue weighted by Crippen LogP contribution is -2.23. The summed E-state index contributed by atoms with van der Waals surface area (Å²) in [4.78, 5) is 13.9. The van der Waals surface area contributed by atoms with Crippen LogP contribution in [0.4, 0.5) is 5.69 Å². The zero-order chi connectivity index (χ0) is 14.5. The smallest absolute Gasteiger partial charge is 0.289 e. The Morgan fingerprint density at radius 3 is 2.95 bits per heavy atom. The molecular formula is C13H16N4O3. The summed E-state index contributed by atoms with van der Waals surface area (Å²) < 4.78 is 5.57. The standard InChI is InChI=1S/C13H16N4O3/c14-5-9-2-1-3-10(9)8-20-13-11(6-15)4-12(7-16-13)17(18)19/h4,7,9-10H,1-3,5,8,14H2. The molecule has 1 heterocycles. The Morgan fingerprint density at radius 1 is 1.55 bits per heavy atom. The number of ether oxygens (including phenoxy) is 1. The van der Waals surface area contributed by atoms with Gasteiger partial charge in [0.25, 0.3) is 5.69 Å². The van der Waals surface area contributed by atoms with Crippen molar-refractivity contribution < 1.29 is 9.66 Å². The summed E-state index contributed by atoms with van der Waals surface area (Å²) >= 11 is 0. The van der Waals surface area contributed by atoms with Crippen LogP contribution in [0.2, 0.25) is 0 Å². The predicted octanol–water partition coefficient (Wildman–Crippen LogP) is 1.62. The Morgan fingerprint density at radius 2 is 2.30 bits per heavy atom. The van der Waals surface area contributed by atoms with E-state index in [1.165, 1.54) is 6.07 Å². The third-order valence-corrected chi connectivity index (χ3v) is 3.72. The molecule has 7 heteroatoms. The molecule has 1 fully saturated rings. The highest BCUT2D eigenvalue weighted by molar-refractivity contribution is 5.44. The van der Waals surface area contributed by atoms with Crippen LogP contribution >= 0.6 is 0 Å². The first-order valence-corrected chi connectivity index (χ1v) is 6.53. The van der Waals surface area contributed by atoms with Crippen molar-refractivity contribution >= 4 is 5.69 Å². The summed E-state index contributed by atoms with van der Waals surface area (Å²) in [5.74, 6) is 0.961.